The Kier molecular flexibility index (Phi) is 4.14. The van der Waals surface area contributed by atoms with Gasteiger partial charge in [0.1, 0.15) is 0 Å². The minimum Gasteiger partial charge on any atom is -0.334 e. The third-order valence-corrected chi connectivity index (χ3v) is 3.18. The van der Waals surface area contributed by atoms with E-state index in [1.807, 2.05) is 0 Å². The molecule has 1 aromatic heterocycles. The van der Waals surface area contributed by atoms with Crippen molar-refractivity contribution >= 4 is 15.9 Å². The number of benzene rings is 1. The molecular formula is C12H11BrF3N3O. The molecule has 2 aromatic rings. The van der Waals surface area contributed by atoms with Crippen LogP contribution in [0.25, 0.3) is 11.5 Å². The van der Waals surface area contributed by atoms with Crippen molar-refractivity contribution in [3.8, 4) is 11.5 Å². The molecule has 0 radical (unpaired) electrons. The van der Waals surface area contributed by atoms with Crippen molar-refractivity contribution in [2.75, 3.05) is 0 Å². The van der Waals surface area contributed by atoms with Crippen LogP contribution in [-0.2, 0) is 12.6 Å². The molecule has 0 fully saturated rings. The van der Waals surface area contributed by atoms with E-state index in [9.17, 15) is 13.2 Å². The smallest absolute Gasteiger partial charge is 0.334 e. The molecule has 20 heavy (non-hydrogen) atoms. The summed E-state index contributed by atoms with van der Waals surface area (Å²) in [4.78, 5) is 4.03. The third kappa shape index (κ3) is 3.37. The predicted octanol–water partition coefficient (Wildman–Crippen LogP) is 3.41. The topological polar surface area (TPSA) is 64.9 Å². The summed E-state index contributed by atoms with van der Waals surface area (Å²) in [6.07, 6.45) is -4.06. The maximum Gasteiger partial charge on any atom is 0.417 e. The molecule has 8 heteroatoms. The molecule has 108 valence electrons. The van der Waals surface area contributed by atoms with Gasteiger partial charge >= 0.3 is 6.18 Å². The fourth-order valence-electron chi connectivity index (χ4n) is 1.62. The molecule has 0 aliphatic carbocycles. The van der Waals surface area contributed by atoms with Gasteiger partial charge in [-0.1, -0.05) is 21.1 Å². The Balaban J connectivity index is 2.36. The van der Waals surface area contributed by atoms with Crippen LogP contribution in [0.15, 0.2) is 27.2 Å². The second-order valence-electron chi connectivity index (χ2n) is 4.39. The second-order valence-corrected chi connectivity index (χ2v) is 5.24. The minimum atomic E-state index is -4.45. The van der Waals surface area contributed by atoms with Crippen LogP contribution in [0.4, 0.5) is 13.2 Å². The van der Waals surface area contributed by atoms with Crippen LogP contribution in [0.3, 0.4) is 0 Å². The van der Waals surface area contributed by atoms with Gasteiger partial charge in [0.25, 0.3) is 5.89 Å². The molecule has 0 aliphatic rings. The summed E-state index contributed by atoms with van der Waals surface area (Å²) in [6, 6.07) is 3.58. The minimum absolute atomic E-state index is 0.0379. The highest BCUT2D eigenvalue weighted by atomic mass is 79.9. The average molecular weight is 350 g/mol. The van der Waals surface area contributed by atoms with E-state index < -0.39 is 11.7 Å². The number of nitrogens with two attached hydrogens (primary N) is 1. The highest BCUT2D eigenvalue weighted by Gasteiger charge is 2.33. The van der Waals surface area contributed by atoms with Gasteiger partial charge in [0.15, 0.2) is 5.82 Å². The highest BCUT2D eigenvalue weighted by Crippen LogP contribution is 2.37. The first kappa shape index (κ1) is 15.0. The molecule has 2 rings (SSSR count). The lowest BCUT2D eigenvalue weighted by atomic mass is 10.1. The van der Waals surface area contributed by atoms with Crippen molar-refractivity contribution in [2.45, 2.75) is 25.6 Å². The molecule has 1 unspecified atom stereocenters. The Hall–Kier alpha value is -1.41. The Bertz CT molecular complexity index is 610. The van der Waals surface area contributed by atoms with Crippen LogP contribution in [0.1, 0.15) is 18.3 Å². The highest BCUT2D eigenvalue weighted by molar-refractivity contribution is 9.10. The number of nitrogens with zero attached hydrogens (tertiary/aromatic N) is 2. The van der Waals surface area contributed by atoms with Gasteiger partial charge in [-0.25, -0.2) is 0 Å². The largest absolute Gasteiger partial charge is 0.417 e. The van der Waals surface area contributed by atoms with E-state index in [4.69, 9.17) is 10.3 Å². The Morgan fingerprint density at radius 1 is 1.40 bits per heavy atom. The van der Waals surface area contributed by atoms with Crippen LogP contribution in [0.2, 0.25) is 0 Å². The normalized spacial score (nSPS) is 13.5. The molecule has 0 saturated carbocycles. The summed E-state index contributed by atoms with van der Waals surface area (Å²) in [5.41, 5.74) is 5.02. The first-order chi connectivity index (χ1) is 9.27. The van der Waals surface area contributed by atoms with Crippen LogP contribution >= 0.6 is 15.9 Å². The van der Waals surface area contributed by atoms with Gasteiger partial charge in [0, 0.05) is 22.5 Å². The summed E-state index contributed by atoms with van der Waals surface area (Å²) in [5, 5.41) is 3.69. The zero-order valence-electron chi connectivity index (χ0n) is 10.4. The van der Waals surface area contributed by atoms with E-state index >= 15 is 0 Å². The molecule has 0 aliphatic heterocycles. The third-order valence-electron chi connectivity index (χ3n) is 2.49. The first-order valence-corrected chi connectivity index (χ1v) is 6.52. The van der Waals surface area contributed by atoms with Crippen molar-refractivity contribution in [3.05, 3.63) is 34.1 Å². The first-order valence-electron chi connectivity index (χ1n) is 5.72. The molecule has 0 saturated heterocycles. The number of aromatic nitrogens is 2. The van der Waals surface area contributed by atoms with E-state index in [0.717, 1.165) is 6.07 Å². The number of rotatable bonds is 3. The van der Waals surface area contributed by atoms with Crippen molar-refractivity contribution in [1.82, 2.24) is 10.1 Å². The molecule has 2 N–H and O–H groups in total. The van der Waals surface area contributed by atoms with E-state index in [1.54, 1.807) is 6.92 Å². The zero-order valence-corrected chi connectivity index (χ0v) is 12.0. The summed E-state index contributed by atoms with van der Waals surface area (Å²) >= 11 is 2.87. The quantitative estimate of drug-likeness (QED) is 0.922. The van der Waals surface area contributed by atoms with E-state index in [-0.39, 0.29) is 22.0 Å². The van der Waals surface area contributed by atoms with Gasteiger partial charge in [-0.3, -0.25) is 0 Å². The van der Waals surface area contributed by atoms with Crippen molar-refractivity contribution < 1.29 is 17.7 Å². The van der Waals surface area contributed by atoms with Gasteiger partial charge < -0.3 is 10.3 Å². The monoisotopic (exact) mass is 349 g/mol. The van der Waals surface area contributed by atoms with Crippen LogP contribution in [-0.4, -0.2) is 16.2 Å². The molecule has 1 atom stereocenters. The van der Waals surface area contributed by atoms with Gasteiger partial charge in [-0.2, -0.15) is 18.2 Å². The van der Waals surface area contributed by atoms with Gasteiger partial charge in [0.05, 0.1) is 5.56 Å². The molecule has 1 heterocycles. The lowest BCUT2D eigenvalue weighted by Gasteiger charge is -2.09. The molecule has 0 spiro atoms. The maximum atomic E-state index is 12.8. The summed E-state index contributed by atoms with van der Waals surface area (Å²) in [7, 11) is 0. The standard InChI is InChI=1S/C12H11BrF3N3O/c1-6(17)4-10-18-11(20-19-10)7-2-3-9(13)8(5-7)12(14,15)16/h2-3,5-6H,4,17H2,1H3. The van der Waals surface area contributed by atoms with Crippen LogP contribution in [0.5, 0.6) is 0 Å². The summed E-state index contributed by atoms with van der Waals surface area (Å²) in [5.74, 6) is 0.408. The van der Waals surface area contributed by atoms with Crippen molar-refractivity contribution in [1.29, 1.82) is 0 Å². The molecule has 0 bridgehead atoms. The SMILES string of the molecule is CC(N)Cc1noc(-c2ccc(Br)c(C(F)(F)F)c2)n1. The molecule has 4 nitrogen and oxygen atoms in total. The Morgan fingerprint density at radius 2 is 2.10 bits per heavy atom. The summed E-state index contributed by atoms with van der Waals surface area (Å²) < 4.78 is 43.3. The van der Waals surface area contributed by atoms with Crippen molar-refractivity contribution in [3.63, 3.8) is 0 Å². The van der Waals surface area contributed by atoms with Gasteiger partial charge in [-0.15, -0.1) is 0 Å². The molecule has 0 amide bonds. The van der Waals surface area contributed by atoms with Gasteiger partial charge in [-0.05, 0) is 25.1 Å². The average Bonchev–Trinajstić information content (AvgIpc) is 2.75. The number of hydrogen-bond acceptors (Lipinski definition) is 4. The lowest BCUT2D eigenvalue weighted by molar-refractivity contribution is -0.138. The Labute approximate surface area is 121 Å². The predicted molar refractivity (Wildman–Crippen MR) is 69.8 cm³/mol. The fraction of sp³-hybridized carbons (Fsp3) is 0.333. The number of hydrogen-bond donors (Lipinski definition) is 1. The van der Waals surface area contributed by atoms with E-state index in [2.05, 4.69) is 26.1 Å². The van der Waals surface area contributed by atoms with Gasteiger partial charge in [0.2, 0.25) is 0 Å². The van der Waals surface area contributed by atoms with E-state index in [1.165, 1.54) is 12.1 Å². The molecular weight excluding hydrogens is 339 g/mol. The number of alkyl halides is 3. The summed E-state index contributed by atoms with van der Waals surface area (Å²) in [6.45, 7) is 1.78. The maximum absolute atomic E-state index is 12.8. The fourth-order valence-corrected chi connectivity index (χ4v) is 2.09. The van der Waals surface area contributed by atoms with E-state index in [0.29, 0.717) is 12.2 Å². The number of halogens is 4. The second kappa shape index (κ2) is 5.53. The van der Waals surface area contributed by atoms with Crippen LogP contribution in [0, 0.1) is 0 Å². The van der Waals surface area contributed by atoms with Crippen LogP contribution < -0.4 is 5.73 Å². The zero-order chi connectivity index (χ0) is 14.9. The molecule has 1 aromatic carbocycles. The van der Waals surface area contributed by atoms with Crippen molar-refractivity contribution in [2.24, 2.45) is 5.73 Å². The Morgan fingerprint density at radius 3 is 2.70 bits per heavy atom. The lowest BCUT2D eigenvalue weighted by Crippen LogP contribution is -2.18.